The Bertz CT molecular complexity index is 446. The van der Waals surface area contributed by atoms with Gasteiger partial charge >= 0.3 is 6.01 Å². The van der Waals surface area contributed by atoms with Crippen LogP contribution in [0.5, 0.6) is 0 Å². The number of likely N-dealkylation sites (N-methyl/N-ethyl adjacent to an activating group) is 1. The Morgan fingerprint density at radius 2 is 2.20 bits per heavy atom. The van der Waals surface area contributed by atoms with E-state index in [0.29, 0.717) is 31.0 Å². The lowest BCUT2D eigenvalue weighted by molar-refractivity contribution is 0.191. The lowest BCUT2D eigenvalue weighted by Gasteiger charge is -2.24. The summed E-state index contributed by atoms with van der Waals surface area (Å²) >= 11 is 0. The number of nitrogens with zero attached hydrogens (tertiary/aromatic N) is 4. The van der Waals surface area contributed by atoms with Gasteiger partial charge in [-0.2, -0.15) is 0 Å². The minimum Gasteiger partial charge on any atom is -0.407 e. The van der Waals surface area contributed by atoms with Gasteiger partial charge in [0.25, 0.3) is 0 Å². The molecule has 2 unspecified atom stereocenters. The van der Waals surface area contributed by atoms with Gasteiger partial charge in [0.1, 0.15) is 0 Å². The molecule has 0 amide bonds. The minimum atomic E-state index is -0.320. The maximum absolute atomic E-state index is 9.87. The van der Waals surface area contributed by atoms with Crippen molar-refractivity contribution >= 4 is 6.01 Å². The first-order valence-corrected chi connectivity index (χ1v) is 7.27. The second-order valence-electron chi connectivity index (χ2n) is 6.09. The molecule has 3 rings (SSSR count). The van der Waals surface area contributed by atoms with E-state index in [1.807, 2.05) is 19.0 Å². The molecule has 2 heterocycles. The molecule has 2 N–H and O–H groups in total. The average Bonchev–Trinajstić information content (AvgIpc) is 2.98. The molecule has 1 aromatic heterocycles. The Kier molecular flexibility index (Phi) is 3.91. The van der Waals surface area contributed by atoms with E-state index in [2.05, 4.69) is 20.4 Å². The third-order valence-electron chi connectivity index (χ3n) is 3.79. The van der Waals surface area contributed by atoms with Crippen molar-refractivity contribution in [3.8, 4) is 0 Å². The molecule has 1 aliphatic carbocycles. The molecule has 2 fully saturated rings. The third-order valence-corrected chi connectivity index (χ3v) is 3.79. The SMILES string of the molecule is CN(C)CC1CC(O)CN1c1nnc(CNC2CC2)o1. The van der Waals surface area contributed by atoms with E-state index in [9.17, 15) is 5.11 Å². The van der Waals surface area contributed by atoms with Gasteiger partial charge < -0.3 is 24.6 Å². The van der Waals surface area contributed by atoms with E-state index in [-0.39, 0.29) is 12.1 Å². The highest BCUT2D eigenvalue weighted by molar-refractivity contribution is 5.30. The van der Waals surface area contributed by atoms with Crippen LogP contribution in [0.25, 0.3) is 0 Å². The van der Waals surface area contributed by atoms with Gasteiger partial charge in [-0.25, -0.2) is 0 Å². The molecule has 2 aliphatic rings. The standard InChI is InChI=1S/C13H23N5O2/c1-17(2)7-10-5-11(19)8-18(10)13-16-15-12(20-13)6-14-9-3-4-9/h9-11,14,19H,3-8H2,1-2H3. The van der Waals surface area contributed by atoms with Crippen LogP contribution in [0.15, 0.2) is 4.42 Å². The van der Waals surface area contributed by atoms with Gasteiger partial charge in [-0.05, 0) is 33.4 Å². The first-order chi connectivity index (χ1) is 9.61. The van der Waals surface area contributed by atoms with Crippen LogP contribution in [0.4, 0.5) is 6.01 Å². The van der Waals surface area contributed by atoms with Crippen molar-refractivity contribution < 1.29 is 9.52 Å². The van der Waals surface area contributed by atoms with Crippen LogP contribution in [-0.2, 0) is 6.54 Å². The first kappa shape index (κ1) is 13.8. The molecule has 20 heavy (non-hydrogen) atoms. The summed E-state index contributed by atoms with van der Waals surface area (Å²) in [5.74, 6) is 0.622. The van der Waals surface area contributed by atoms with Gasteiger partial charge in [0, 0.05) is 25.2 Å². The molecule has 1 saturated heterocycles. The minimum absolute atomic E-state index is 0.227. The molecule has 7 heteroatoms. The number of rotatable bonds is 6. The number of hydrogen-bond acceptors (Lipinski definition) is 7. The van der Waals surface area contributed by atoms with E-state index in [1.165, 1.54) is 12.8 Å². The van der Waals surface area contributed by atoms with Crippen LogP contribution in [0.2, 0.25) is 0 Å². The number of aromatic nitrogens is 2. The normalized spacial score (nSPS) is 26.7. The van der Waals surface area contributed by atoms with Crippen LogP contribution in [0, 0.1) is 0 Å². The van der Waals surface area contributed by atoms with Crippen molar-refractivity contribution in [2.75, 3.05) is 32.1 Å². The molecular formula is C13H23N5O2. The van der Waals surface area contributed by atoms with Crippen LogP contribution >= 0.6 is 0 Å². The summed E-state index contributed by atoms with van der Waals surface area (Å²) in [6.07, 6.45) is 2.91. The molecule has 0 spiro atoms. The van der Waals surface area contributed by atoms with E-state index >= 15 is 0 Å². The largest absolute Gasteiger partial charge is 0.407 e. The Balaban J connectivity index is 1.63. The summed E-state index contributed by atoms with van der Waals surface area (Å²) in [6.45, 7) is 2.07. The van der Waals surface area contributed by atoms with E-state index in [4.69, 9.17) is 4.42 Å². The molecule has 2 atom stereocenters. The molecule has 7 nitrogen and oxygen atoms in total. The fraction of sp³-hybridized carbons (Fsp3) is 0.846. The highest BCUT2D eigenvalue weighted by Gasteiger charge is 2.34. The van der Waals surface area contributed by atoms with Crippen LogP contribution < -0.4 is 10.2 Å². The van der Waals surface area contributed by atoms with Crippen molar-refractivity contribution in [1.82, 2.24) is 20.4 Å². The summed E-state index contributed by atoms with van der Waals surface area (Å²) in [7, 11) is 4.06. The van der Waals surface area contributed by atoms with Gasteiger partial charge in [-0.3, -0.25) is 0 Å². The lowest BCUT2D eigenvalue weighted by atomic mass is 10.2. The second kappa shape index (κ2) is 5.67. The molecule has 0 aromatic carbocycles. The van der Waals surface area contributed by atoms with Crippen LogP contribution in [0.1, 0.15) is 25.2 Å². The Morgan fingerprint density at radius 1 is 1.40 bits per heavy atom. The maximum Gasteiger partial charge on any atom is 0.318 e. The van der Waals surface area contributed by atoms with Gasteiger partial charge in [-0.1, -0.05) is 5.10 Å². The van der Waals surface area contributed by atoms with Crippen molar-refractivity contribution in [2.24, 2.45) is 0 Å². The number of aliphatic hydroxyl groups excluding tert-OH is 1. The Morgan fingerprint density at radius 3 is 2.90 bits per heavy atom. The van der Waals surface area contributed by atoms with E-state index < -0.39 is 0 Å². The highest BCUT2D eigenvalue weighted by Crippen LogP contribution is 2.25. The van der Waals surface area contributed by atoms with Crippen molar-refractivity contribution in [3.05, 3.63) is 5.89 Å². The second-order valence-corrected chi connectivity index (χ2v) is 6.09. The molecule has 1 aliphatic heterocycles. The Hall–Kier alpha value is -1.18. The topological polar surface area (TPSA) is 77.7 Å². The van der Waals surface area contributed by atoms with Crippen molar-refractivity contribution in [1.29, 1.82) is 0 Å². The first-order valence-electron chi connectivity index (χ1n) is 7.27. The van der Waals surface area contributed by atoms with Crippen LogP contribution in [-0.4, -0.2) is 65.6 Å². The van der Waals surface area contributed by atoms with E-state index in [0.717, 1.165) is 13.0 Å². The smallest absolute Gasteiger partial charge is 0.318 e. The fourth-order valence-corrected chi connectivity index (χ4v) is 2.67. The highest BCUT2D eigenvalue weighted by atomic mass is 16.4. The molecular weight excluding hydrogens is 258 g/mol. The summed E-state index contributed by atoms with van der Waals surface area (Å²) in [4.78, 5) is 4.14. The molecule has 112 valence electrons. The molecule has 1 aromatic rings. The van der Waals surface area contributed by atoms with Gasteiger partial charge in [-0.15, -0.1) is 5.10 Å². The predicted octanol–water partition coefficient (Wildman–Crippen LogP) is -0.177. The van der Waals surface area contributed by atoms with Gasteiger partial charge in [0.2, 0.25) is 5.89 Å². The number of hydrogen-bond donors (Lipinski definition) is 2. The van der Waals surface area contributed by atoms with Crippen molar-refractivity contribution in [3.63, 3.8) is 0 Å². The molecule has 1 saturated carbocycles. The summed E-state index contributed by atoms with van der Waals surface area (Å²) in [5.41, 5.74) is 0. The fourth-order valence-electron chi connectivity index (χ4n) is 2.67. The van der Waals surface area contributed by atoms with Crippen molar-refractivity contribution in [2.45, 2.75) is 44.0 Å². The maximum atomic E-state index is 9.87. The Labute approximate surface area is 118 Å². The zero-order chi connectivity index (χ0) is 14.1. The lowest BCUT2D eigenvalue weighted by Crippen LogP contribution is -2.37. The zero-order valence-electron chi connectivity index (χ0n) is 12.1. The van der Waals surface area contributed by atoms with Crippen LogP contribution in [0.3, 0.4) is 0 Å². The summed E-state index contributed by atoms with van der Waals surface area (Å²) in [5, 5.41) is 21.4. The predicted molar refractivity (Wildman–Crippen MR) is 74.5 cm³/mol. The molecule has 0 bridgehead atoms. The summed E-state index contributed by atoms with van der Waals surface area (Å²) < 4.78 is 5.72. The third kappa shape index (κ3) is 3.28. The summed E-state index contributed by atoms with van der Waals surface area (Å²) in [6, 6.07) is 1.38. The molecule has 0 radical (unpaired) electrons. The average molecular weight is 281 g/mol. The van der Waals surface area contributed by atoms with Gasteiger partial charge in [0.15, 0.2) is 0 Å². The monoisotopic (exact) mass is 281 g/mol. The number of aliphatic hydroxyl groups is 1. The van der Waals surface area contributed by atoms with E-state index in [1.54, 1.807) is 0 Å². The quantitative estimate of drug-likeness (QED) is 0.749. The number of nitrogens with one attached hydrogen (secondary N) is 1. The van der Waals surface area contributed by atoms with Gasteiger partial charge in [0.05, 0.1) is 12.6 Å². The number of anilines is 1. The number of β-amino-alcohol motifs (C(OH)–C–C–N with tert-alkyl or cyclic N) is 1. The zero-order valence-corrected chi connectivity index (χ0v) is 12.1.